The molecule has 0 bridgehead atoms. The van der Waals surface area contributed by atoms with Crippen molar-refractivity contribution in [2.45, 2.75) is 30.7 Å². The van der Waals surface area contributed by atoms with Gasteiger partial charge in [-0.3, -0.25) is 4.79 Å². The summed E-state index contributed by atoms with van der Waals surface area (Å²) in [6.07, 6.45) is 2.22. The van der Waals surface area contributed by atoms with Crippen LogP contribution in [0, 0.1) is 0 Å². The van der Waals surface area contributed by atoms with Crippen molar-refractivity contribution < 1.29 is 9.90 Å². The predicted molar refractivity (Wildman–Crippen MR) is 78.5 cm³/mol. The summed E-state index contributed by atoms with van der Waals surface area (Å²) in [7, 11) is 0. The Labute approximate surface area is 127 Å². The third kappa shape index (κ3) is 2.16. The molecular weight excluding hydrogens is 299 g/mol. The molecule has 3 rings (SSSR count). The van der Waals surface area contributed by atoms with E-state index in [1.165, 1.54) is 0 Å². The van der Waals surface area contributed by atoms with Gasteiger partial charge < -0.3 is 15.7 Å². The van der Waals surface area contributed by atoms with Gasteiger partial charge in [0.05, 0.1) is 10.0 Å². The lowest BCUT2D eigenvalue weighted by Gasteiger charge is -2.37. The van der Waals surface area contributed by atoms with Crippen LogP contribution in [0.25, 0.3) is 0 Å². The van der Waals surface area contributed by atoms with E-state index in [9.17, 15) is 9.90 Å². The largest absolute Gasteiger partial charge is 0.508 e. The second-order valence-electron chi connectivity index (χ2n) is 5.50. The molecule has 1 aromatic carbocycles. The van der Waals surface area contributed by atoms with E-state index in [1.807, 2.05) is 0 Å². The first-order valence-corrected chi connectivity index (χ1v) is 7.49. The first-order chi connectivity index (χ1) is 9.53. The number of phenols is 1. The summed E-state index contributed by atoms with van der Waals surface area (Å²) < 4.78 is 0. The monoisotopic (exact) mass is 314 g/mol. The Kier molecular flexibility index (Phi) is 3.56. The van der Waals surface area contributed by atoms with Gasteiger partial charge in [0.15, 0.2) is 0 Å². The predicted octanol–water partition coefficient (Wildman–Crippen LogP) is 2.42. The Hall–Kier alpha value is -0.970. The molecular formula is C14H16Cl2N2O2. The minimum absolute atomic E-state index is 0.0336. The molecule has 20 heavy (non-hydrogen) atoms. The van der Waals surface area contributed by atoms with Crippen LogP contribution in [-0.4, -0.2) is 29.6 Å². The maximum atomic E-state index is 12.1. The van der Waals surface area contributed by atoms with Crippen molar-refractivity contribution >= 4 is 29.1 Å². The molecule has 2 fully saturated rings. The topological polar surface area (TPSA) is 61.4 Å². The fourth-order valence-electron chi connectivity index (χ4n) is 3.31. The molecule has 2 saturated heterocycles. The Morgan fingerprint density at radius 2 is 2.10 bits per heavy atom. The summed E-state index contributed by atoms with van der Waals surface area (Å²) in [5, 5.41) is 17.1. The molecule has 2 aliphatic heterocycles. The number of aromatic hydroxyl groups is 1. The van der Waals surface area contributed by atoms with E-state index in [-0.39, 0.29) is 17.6 Å². The normalized spacial score (nSPS) is 29.7. The van der Waals surface area contributed by atoms with E-state index in [0.717, 1.165) is 19.4 Å². The van der Waals surface area contributed by atoms with Gasteiger partial charge in [-0.25, -0.2) is 0 Å². The van der Waals surface area contributed by atoms with Crippen molar-refractivity contribution in [2.75, 3.05) is 13.1 Å². The van der Waals surface area contributed by atoms with E-state index in [2.05, 4.69) is 10.6 Å². The van der Waals surface area contributed by atoms with Gasteiger partial charge in [0.1, 0.15) is 11.3 Å². The second-order valence-corrected chi connectivity index (χ2v) is 6.28. The van der Waals surface area contributed by atoms with Gasteiger partial charge in [-0.05, 0) is 43.9 Å². The number of amides is 1. The Balaban J connectivity index is 1.95. The lowest BCUT2D eigenvalue weighted by molar-refractivity contribution is -0.125. The quantitative estimate of drug-likeness (QED) is 0.746. The molecule has 2 unspecified atom stereocenters. The number of benzene rings is 1. The number of rotatable bonds is 1. The van der Waals surface area contributed by atoms with E-state index in [0.29, 0.717) is 28.6 Å². The van der Waals surface area contributed by atoms with E-state index in [1.54, 1.807) is 12.1 Å². The third-order valence-corrected chi connectivity index (χ3v) is 5.16. The molecule has 4 nitrogen and oxygen atoms in total. The van der Waals surface area contributed by atoms with Gasteiger partial charge >= 0.3 is 0 Å². The lowest BCUT2D eigenvalue weighted by atomic mass is 9.77. The number of piperidine rings is 1. The first-order valence-electron chi connectivity index (χ1n) is 6.74. The zero-order valence-electron chi connectivity index (χ0n) is 10.9. The number of carbonyl (C=O) groups is 1. The standard InChI is InChI=1S/C14H16Cl2N2O2/c15-9-1-2-10(19)11(12(9)16)8-3-5-18-14(7-8)4-6-17-13(14)20/h1-2,8,18-19H,3-7H2,(H,17,20). The Morgan fingerprint density at radius 3 is 2.80 bits per heavy atom. The lowest BCUT2D eigenvalue weighted by Crippen LogP contribution is -2.55. The van der Waals surface area contributed by atoms with Gasteiger partial charge in [0.2, 0.25) is 5.91 Å². The van der Waals surface area contributed by atoms with Gasteiger partial charge in [0.25, 0.3) is 0 Å². The number of halogens is 2. The fourth-order valence-corrected chi connectivity index (χ4v) is 3.79. The minimum Gasteiger partial charge on any atom is -0.508 e. The molecule has 2 atom stereocenters. The van der Waals surface area contributed by atoms with Crippen molar-refractivity contribution in [1.82, 2.24) is 10.6 Å². The highest BCUT2D eigenvalue weighted by Gasteiger charge is 2.46. The third-order valence-electron chi connectivity index (χ3n) is 4.34. The molecule has 1 aromatic rings. The van der Waals surface area contributed by atoms with Crippen molar-refractivity contribution in [2.24, 2.45) is 0 Å². The molecule has 108 valence electrons. The average molecular weight is 315 g/mol. The van der Waals surface area contributed by atoms with Crippen LogP contribution in [-0.2, 0) is 4.79 Å². The molecule has 0 radical (unpaired) electrons. The van der Waals surface area contributed by atoms with Crippen LogP contribution in [0.3, 0.4) is 0 Å². The van der Waals surface area contributed by atoms with E-state index < -0.39 is 5.54 Å². The molecule has 2 heterocycles. The number of carbonyl (C=O) groups excluding carboxylic acids is 1. The van der Waals surface area contributed by atoms with Gasteiger partial charge in [0, 0.05) is 12.1 Å². The molecule has 0 aliphatic carbocycles. The van der Waals surface area contributed by atoms with Crippen molar-refractivity contribution in [3.63, 3.8) is 0 Å². The SMILES string of the molecule is O=C1NCCC12CC(c1c(O)ccc(Cl)c1Cl)CCN2. The summed E-state index contributed by atoms with van der Waals surface area (Å²) in [5.41, 5.74) is 0.140. The Bertz CT molecular complexity index is 564. The smallest absolute Gasteiger partial charge is 0.240 e. The first kappa shape index (κ1) is 14.0. The minimum atomic E-state index is -0.527. The van der Waals surface area contributed by atoms with Crippen LogP contribution in [0.1, 0.15) is 30.7 Å². The number of phenolic OH excluding ortho intramolecular Hbond substituents is 1. The molecule has 0 saturated carbocycles. The van der Waals surface area contributed by atoms with Crippen LogP contribution in [0.2, 0.25) is 10.0 Å². The van der Waals surface area contributed by atoms with Crippen molar-refractivity contribution in [1.29, 1.82) is 0 Å². The molecule has 0 aromatic heterocycles. The maximum absolute atomic E-state index is 12.1. The number of hydrogen-bond donors (Lipinski definition) is 3. The van der Waals surface area contributed by atoms with Gasteiger partial charge in [-0.2, -0.15) is 0 Å². The van der Waals surface area contributed by atoms with Crippen LogP contribution in [0.5, 0.6) is 5.75 Å². The Morgan fingerprint density at radius 1 is 1.30 bits per heavy atom. The van der Waals surface area contributed by atoms with Gasteiger partial charge in [-0.15, -0.1) is 0 Å². The van der Waals surface area contributed by atoms with E-state index >= 15 is 0 Å². The summed E-state index contributed by atoms with van der Waals surface area (Å²) in [6, 6.07) is 3.15. The van der Waals surface area contributed by atoms with Crippen molar-refractivity contribution in [3.8, 4) is 5.75 Å². The highest BCUT2D eigenvalue weighted by Crippen LogP contribution is 2.44. The van der Waals surface area contributed by atoms with E-state index in [4.69, 9.17) is 23.2 Å². The zero-order valence-corrected chi connectivity index (χ0v) is 12.4. The maximum Gasteiger partial charge on any atom is 0.240 e. The second kappa shape index (κ2) is 5.10. The van der Waals surface area contributed by atoms with Crippen LogP contribution >= 0.6 is 23.2 Å². The number of hydrogen-bond acceptors (Lipinski definition) is 3. The summed E-state index contributed by atoms with van der Waals surface area (Å²) in [5.74, 6) is 0.228. The van der Waals surface area contributed by atoms with Crippen LogP contribution in [0.15, 0.2) is 12.1 Å². The summed E-state index contributed by atoms with van der Waals surface area (Å²) in [4.78, 5) is 12.1. The summed E-state index contributed by atoms with van der Waals surface area (Å²) in [6.45, 7) is 1.41. The van der Waals surface area contributed by atoms with Gasteiger partial charge in [-0.1, -0.05) is 23.2 Å². The highest BCUT2D eigenvalue weighted by molar-refractivity contribution is 6.42. The van der Waals surface area contributed by atoms with Crippen LogP contribution < -0.4 is 10.6 Å². The zero-order chi connectivity index (χ0) is 14.3. The molecule has 1 amide bonds. The van der Waals surface area contributed by atoms with Crippen molar-refractivity contribution in [3.05, 3.63) is 27.7 Å². The molecule has 1 spiro atoms. The fraction of sp³-hybridized carbons (Fsp3) is 0.500. The van der Waals surface area contributed by atoms with Crippen LogP contribution in [0.4, 0.5) is 0 Å². The summed E-state index contributed by atoms with van der Waals surface area (Å²) >= 11 is 12.3. The molecule has 3 N–H and O–H groups in total. The highest BCUT2D eigenvalue weighted by atomic mass is 35.5. The molecule has 6 heteroatoms. The molecule has 2 aliphatic rings. The average Bonchev–Trinajstić information content (AvgIpc) is 2.76. The number of nitrogens with one attached hydrogen (secondary N) is 2.